The number of fused-ring (bicyclic) bond motifs is 3. The van der Waals surface area contributed by atoms with Gasteiger partial charge in [-0.3, -0.25) is 14.4 Å². The fourth-order valence-corrected chi connectivity index (χ4v) is 14.0. The molecule has 56 heavy (non-hydrogen) atoms. The number of hydrogen-bond acceptors (Lipinski definition) is 7. The molecule has 6 atom stereocenters. The average Bonchev–Trinajstić information content (AvgIpc) is 3.92. The summed E-state index contributed by atoms with van der Waals surface area (Å²) in [6.07, 6.45) is 1.95. The van der Waals surface area contributed by atoms with Crippen molar-refractivity contribution < 1.29 is 29.0 Å². The molecule has 3 N–H and O–H groups in total. The van der Waals surface area contributed by atoms with Crippen molar-refractivity contribution in [3.8, 4) is 5.75 Å². The number of nitrogens with zero attached hydrogens (tertiary/aromatic N) is 2. The first-order chi connectivity index (χ1) is 27.0. The second-order valence-corrected chi connectivity index (χ2v) is 21.1. The number of rotatable bonds is 10. The number of aliphatic hydroxyl groups excluding tert-OH is 1. The number of aliphatic hydroxyl groups is 1. The Kier molecular flexibility index (Phi) is 10.4. The normalized spacial score (nSPS) is 25.7. The van der Waals surface area contributed by atoms with Crippen molar-refractivity contribution in [1.29, 1.82) is 0 Å². The second kappa shape index (κ2) is 15.3. The lowest BCUT2D eigenvalue weighted by Gasteiger charge is -2.39. The third-order valence-electron chi connectivity index (χ3n) is 12.9. The summed E-state index contributed by atoms with van der Waals surface area (Å²) >= 11 is 0. The minimum atomic E-state index is -2.49. The molecular weight excluding hydrogens is 721 g/mol. The van der Waals surface area contributed by atoms with Crippen molar-refractivity contribution >= 4 is 42.4 Å². The van der Waals surface area contributed by atoms with Gasteiger partial charge in [0, 0.05) is 23.7 Å². The number of carbonyl (C=O) groups is 3. The van der Waals surface area contributed by atoms with E-state index in [0.717, 1.165) is 53.1 Å². The van der Waals surface area contributed by atoms with Gasteiger partial charge in [0.1, 0.15) is 5.75 Å². The molecular formula is C45H52N4O6Si. The van der Waals surface area contributed by atoms with Crippen LogP contribution in [-0.2, 0) is 44.2 Å². The molecule has 1 spiro atoms. The summed E-state index contributed by atoms with van der Waals surface area (Å²) in [6.45, 7) is 8.23. The van der Waals surface area contributed by atoms with E-state index in [-0.39, 0.29) is 54.3 Å². The number of nitrogens with one attached hydrogen (secondary N) is 2. The zero-order valence-corrected chi connectivity index (χ0v) is 33.7. The van der Waals surface area contributed by atoms with Crippen LogP contribution in [0.4, 0.5) is 11.4 Å². The summed E-state index contributed by atoms with van der Waals surface area (Å²) in [6, 6.07) is 31.4. The highest BCUT2D eigenvalue weighted by molar-refractivity contribution is 6.91. The number of anilines is 2. The molecule has 0 aliphatic carbocycles. The summed E-state index contributed by atoms with van der Waals surface area (Å²) in [5.74, 6) is 0.267. The Balaban J connectivity index is 1.12. The summed E-state index contributed by atoms with van der Waals surface area (Å²) in [5, 5.41) is 17.9. The molecule has 4 aliphatic heterocycles. The van der Waals surface area contributed by atoms with Crippen LogP contribution in [0.1, 0.15) is 48.4 Å². The molecule has 2 saturated heterocycles. The van der Waals surface area contributed by atoms with E-state index >= 15 is 4.79 Å². The number of benzene rings is 4. The van der Waals surface area contributed by atoms with Gasteiger partial charge in [-0.05, 0) is 78.4 Å². The molecule has 11 heteroatoms. The van der Waals surface area contributed by atoms with Crippen molar-refractivity contribution in [1.82, 2.24) is 10.2 Å². The van der Waals surface area contributed by atoms with Crippen molar-refractivity contribution in [2.24, 2.45) is 5.92 Å². The fraction of sp³-hybridized carbons (Fsp3) is 0.400. The number of carbonyl (C=O) groups excluding carboxylic acids is 3. The first kappa shape index (κ1) is 38.1. The van der Waals surface area contributed by atoms with Crippen LogP contribution >= 0.6 is 0 Å². The van der Waals surface area contributed by atoms with Gasteiger partial charge in [-0.25, -0.2) is 0 Å². The van der Waals surface area contributed by atoms with Crippen LogP contribution in [0.3, 0.4) is 0 Å². The highest BCUT2D eigenvalue weighted by atomic mass is 28.3. The number of hydrogen-bond donors (Lipinski definition) is 3. The highest BCUT2D eigenvalue weighted by Crippen LogP contribution is 2.60. The molecule has 4 aromatic carbocycles. The zero-order chi connectivity index (χ0) is 39.2. The van der Waals surface area contributed by atoms with E-state index in [1.807, 2.05) is 82.6 Å². The van der Waals surface area contributed by atoms with E-state index in [4.69, 9.17) is 9.47 Å². The number of methoxy groups -OCH3 is 1. The number of ether oxygens (including phenoxy) is 2. The Morgan fingerprint density at radius 1 is 0.982 bits per heavy atom. The van der Waals surface area contributed by atoms with E-state index in [2.05, 4.69) is 54.9 Å². The van der Waals surface area contributed by atoms with Gasteiger partial charge in [0.25, 0.3) is 5.91 Å². The highest BCUT2D eigenvalue weighted by Gasteiger charge is 2.66. The van der Waals surface area contributed by atoms with Crippen LogP contribution < -0.4 is 25.5 Å². The van der Waals surface area contributed by atoms with Crippen molar-refractivity contribution in [3.05, 3.63) is 119 Å². The minimum Gasteiger partial charge on any atom is -0.497 e. The standard InChI is InChI=1S/C45H52N4O6Si/c1-29-42(56(3,4)36-21-19-35(54-2)20-22-36)40(25-41(51)48-27-32-11-6-5-10-31(32)24-34(48)28-50)55-45(29)37-12-7-8-14-39(37)49(44(45)53)26-30-15-17-33(18-16-30)47-43(52)38-13-9-23-46-38/h5-8,10-12,14-22,29,34,38,40,42,46,50H,9,13,23-28H2,1-4H3,(H,47,52)/t29-,34-,38+,40+,42-,45+/m0/s1. The van der Waals surface area contributed by atoms with Gasteiger partial charge >= 0.3 is 0 Å². The molecule has 4 heterocycles. The largest absolute Gasteiger partial charge is 0.497 e. The van der Waals surface area contributed by atoms with Crippen molar-refractivity contribution in [2.75, 3.05) is 30.5 Å². The smallest absolute Gasteiger partial charge is 0.264 e. The van der Waals surface area contributed by atoms with Crippen LogP contribution in [0.25, 0.3) is 0 Å². The third kappa shape index (κ3) is 6.64. The lowest BCUT2D eigenvalue weighted by Crippen LogP contribution is -2.52. The number of para-hydroxylation sites is 1. The monoisotopic (exact) mass is 772 g/mol. The van der Waals surface area contributed by atoms with Crippen LogP contribution in [0.2, 0.25) is 18.6 Å². The van der Waals surface area contributed by atoms with Crippen LogP contribution in [0, 0.1) is 5.92 Å². The Morgan fingerprint density at radius 3 is 2.39 bits per heavy atom. The first-order valence-electron chi connectivity index (χ1n) is 19.9. The topological polar surface area (TPSA) is 120 Å². The molecule has 0 aromatic heterocycles. The molecule has 0 bridgehead atoms. The van der Waals surface area contributed by atoms with Gasteiger partial charge in [0.05, 0.1) is 58.6 Å². The van der Waals surface area contributed by atoms with E-state index in [0.29, 0.717) is 25.2 Å². The van der Waals surface area contributed by atoms with E-state index in [9.17, 15) is 14.7 Å². The summed E-state index contributed by atoms with van der Waals surface area (Å²) in [5.41, 5.74) is 4.09. The maximum absolute atomic E-state index is 15.2. The van der Waals surface area contributed by atoms with Gasteiger partial charge < -0.3 is 35.0 Å². The zero-order valence-electron chi connectivity index (χ0n) is 32.7. The summed E-state index contributed by atoms with van der Waals surface area (Å²) in [4.78, 5) is 46.2. The van der Waals surface area contributed by atoms with Gasteiger partial charge in [-0.1, -0.05) is 91.9 Å². The van der Waals surface area contributed by atoms with E-state index < -0.39 is 19.8 Å². The molecule has 8 rings (SSSR count). The van der Waals surface area contributed by atoms with Crippen LogP contribution in [0.5, 0.6) is 5.75 Å². The fourth-order valence-electron chi connectivity index (χ4n) is 9.97. The van der Waals surface area contributed by atoms with Crippen molar-refractivity contribution in [3.63, 3.8) is 0 Å². The van der Waals surface area contributed by atoms with Gasteiger partial charge in [0.15, 0.2) is 5.60 Å². The SMILES string of the molecule is COc1ccc([Si](C)(C)[C@@H]2[C@@H](CC(=O)N3Cc4ccccc4C[C@H]3CO)O[C@]3(C(=O)N(Cc4ccc(NC(=O)[C@H]5CCCN5)cc4)c4ccccc43)[C@H]2C)cc1. The van der Waals surface area contributed by atoms with Gasteiger partial charge in [-0.15, -0.1) is 0 Å². The third-order valence-corrected chi connectivity index (χ3v) is 17.3. The molecule has 4 aromatic rings. The summed E-state index contributed by atoms with van der Waals surface area (Å²) < 4.78 is 12.8. The van der Waals surface area contributed by atoms with Gasteiger partial charge in [-0.2, -0.15) is 0 Å². The Bertz CT molecular complexity index is 2100. The maximum atomic E-state index is 15.2. The molecule has 0 saturated carbocycles. The lowest BCUT2D eigenvalue weighted by molar-refractivity contribution is -0.151. The molecule has 3 amide bonds. The second-order valence-electron chi connectivity index (χ2n) is 16.4. The molecule has 10 nitrogen and oxygen atoms in total. The molecule has 4 aliphatic rings. The first-order valence-corrected chi connectivity index (χ1v) is 23.0. The Labute approximate surface area is 330 Å². The van der Waals surface area contributed by atoms with Crippen molar-refractivity contribution in [2.45, 2.75) is 88.1 Å². The van der Waals surface area contributed by atoms with Crippen LogP contribution in [-0.4, -0.2) is 74.3 Å². The quantitative estimate of drug-likeness (QED) is 0.183. The Hall–Kier alpha value is -4.81. The molecule has 0 unspecified atom stereocenters. The lowest BCUT2D eigenvalue weighted by atomic mass is 9.82. The van der Waals surface area contributed by atoms with Gasteiger partial charge in [0.2, 0.25) is 11.8 Å². The van der Waals surface area contributed by atoms with Crippen LogP contribution in [0.15, 0.2) is 97.1 Å². The van der Waals surface area contributed by atoms with E-state index in [1.165, 1.54) is 5.19 Å². The minimum absolute atomic E-state index is 0.0334. The summed E-state index contributed by atoms with van der Waals surface area (Å²) in [7, 11) is -0.831. The average molecular weight is 773 g/mol. The Morgan fingerprint density at radius 2 is 1.70 bits per heavy atom. The molecule has 0 radical (unpaired) electrons. The predicted octanol–water partition coefficient (Wildman–Crippen LogP) is 5.48. The predicted molar refractivity (Wildman–Crippen MR) is 219 cm³/mol. The molecule has 292 valence electrons. The maximum Gasteiger partial charge on any atom is 0.264 e. The molecule has 2 fully saturated rings. The number of amides is 3. The van der Waals surface area contributed by atoms with E-state index in [1.54, 1.807) is 7.11 Å².